The maximum Gasteiger partial charge on any atom is 0.348 e. The second-order valence-corrected chi connectivity index (χ2v) is 5.71. The number of fused-ring (bicyclic) bond motifs is 1. The van der Waals surface area contributed by atoms with E-state index in [1.165, 1.54) is 22.0 Å². The number of rotatable bonds is 1. The number of benzene rings is 1. The molecule has 0 bridgehead atoms. The first-order valence-electron chi connectivity index (χ1n) is 5.49. The SMILES string of the molecule is Cn1c(=O)nc(-c2ccccc2F)c2cc(Cl)sc21. The van der Waals surface area contributed by atoms with Gasteiger partial charge in [-0.2, -0.15) is 4.98 Å². The molecule has 3 nitrogen and oxygen atoms in total. The van der Waals surface area contributed by atoms with Crippen LogP contribution < -0.4 is 5.69 Å². The normalized spacial score (nSPS) is 11.1. The number of hydrogen-bond acceptors (Lipinski definition) is 3. The average Bonchev–Trinajstić information content (AvgIpc) is 2.77. The number of halogens is 2. The van der Waals surface area contributed by atoms with Crippen molar-refractivity contribution < 1.29 is 4.39 Å². The van der Waals surface area contributed by atoms with Gasteiger partial charge in [0.15, 0.2) is 0 Å². The largest absolute Gasteiger partial charge is 0.348 e. The smallest absolute Gasteiger partial charge is 0.286 e. The Morgan fingerprint density at radius 1 is 1.37 bits per heavy atom. The van der Waals surface area contributed by atoms with Crippen LogP contribution >= 0.6 is 22.9 Å². The topological polar surface area (TPSA) is 34.9 Å². The minimum absolute atomic E-state index is 0.305. The van der Waals surface area contributed by atoms with Crippen molar-refractivity contribution in [1.29, 1.82) is 0 Å². The van der Waals surface area contributed by atoms with Crippen molar-refractivity contribution in [3.63, 3.8) is 0 Å². The molecule has 0 saturated carbocycles. The lowest BCUT2D eigenvalue weighted by molar-refractivity contribution is 0.630. The molecule has 3 aromatic rings. The van der Waals surface area contributed by atoms with Crippen LogP contribution in [0.3, 0.4) is 0 Å². The summed E-state index contributed by atoms with van der Waals surface area (Å²) in [6, 6.07) is 7.95. The molecular weight excluding hydrogens is 287 g/mol. The Hall–Kier alpha value is -1.72. The third-order valence-corrected chi connectivity index (χ3v) is 4.21. The molecule has 0 saturated heterocycles. The monoisotopic (exact) mass is 294 g/mol. The zero-order valence-electron chi connectivity index (χ0n) is 9.85. The molecule has 0 unspecified atom stereocenters. The molecule has 96 valence electrons. The van der Waals surface area contributed by atoms with Gasteiger partial charge in [0.2, 0.25) is 0 Å². The number of aromatic nitrogens is 2. The predicted molar refractivity (Wildman–Crippen MR) is 75.3 cm³/mol. The average molecular weight is 295 g/mol. The highest BCUT2D eigenvalue weighted by atomic mass is 35.5. The van der Waals surface area contributed by atoms with Crippen LogP contribution in [0.1, 0.15) is 0 Å². The lowest BCUT2D eigenvalue weighted by atomic mass is 10.1. The van der Waals surface area contributed by atoms with Crippen molar-refractivity contribution in [1.82, 2.24) is 9.55 Å². The summed E-state index contributed by atoms with van der Waals surface area (Å²) in [5.41, 5.74) is 0.211. The molecule has 0 amide bonds. The van der Waals surface area contributed by atoms with E-state index in [1.807, 2.05) is 0 Å². The van der Waals surface area contributed by atoms with E-state index in [2.05, 4.69) is 4.98 Å². The fraction of sp³-hybridized carbons (Fsp3) is 0.0769. The van der Waals surface area contributed by atoms with Crippen LogP contribution in [-0.2, 0) is 7.05 Å². The zero-order chi connectivity index (χ0) is 13.6. The van der Waals surface area contributed by atoms with Crippen molar-refractivity contribution in [2.45, 2.75) is 0 Å². The van der Waals surface area contributed by atoms with Crippen molar-refractivity contribution in [3.05, 3.63) is 51.0 Å². The predicted octanol–water partition coefficient (Wildman–Crippen LogP) is 3.45. The van der Waals surface area contributed by atoms with Crippen LogP contribution in [0, 0.1) is 5.82 Å². The van der Waals surface area contributed by atoms with Gasteiger partial charge in [-0.05, 0) is 18.2 Å². The van der Waals surface area contributed by atoms with Crippen molar-refractivity contribution in [2.75, 3.05) is 0 Å². The molecule has 0 fully saturated rings. The maximum atomic E-state index is 13.9. The molecule has 2 heterocycles. The molecule has 1 aromatic carbocycles. The molecule has 0 aliphatic carbocycles. The van der Waals surface area contributed by atoms with Crippen LogP contribution in [-0.4, -0.2) is 9.55 Å². The molecule has 0 N–H and O–H groups in total. The van der Waals surface area contributed by atoms with Gasteiger partial charge in [0.05, 0.1) is 10.0 Å². The Labute approximate surface area is 116 Å². The number of nitrogens with zero attached hydrogens (tertiary/aromatic N) is 2. The van der Waals surface area contributed by atoms with E-state index in [-0.39, 0.29) is 0 Å². The Morgan fingerprint density at radius 3 is 2.84 bits per heavy atom. The molecule has 0 aliphatic rings. The Morgan fingerprint density at radius 2 is 2.11 bits per heavy atom. The van der Waals surface area contributed by atoms with Crippen LogP contribution in [0.15, 0.2) is 35.1 Å². The summed E-state index contributed by atoms with van der Waals surface area (Å²) in [5, 5.41) is 0.683. The first-order chi connectivity index (χ1) is 9.08. The first-order valence-corrected chi connectivity index (χ1v) is 6.68. The van der Waals surface area contributed by atoms with Crippen LogP contribution in [0.5, 0.6) is 0 Å². The second kappa shape index (κ2) is 4.43. The van der Waals surface area contributed by atoms with E-state index in [0.717, 1.165) is 0 Å². The fourth-order valence-corrected chi connectivity index (χ4v) is 3.12. The standard InChI is InChI=1S/C13H8ClFN2OS/c1-17-12-8(6-10(14)19-12)11(16-13(17)18)7-4-2-3-5-9(7)15/h2-6H,1H3. The summed E-state index contributed by atoms with van der Waals surface area (Å²) < 4.78 is 15.8. The number of thiophene rings is 1. The molecule has 0 radical (unpaired) electrons. The Bertz CT molecular complexity index is 840. The van der Waals surface area contributed by atoms with E-state index in [1.54, 1.807) is 31.3 Å². The summed E-state index contributed by atoms with van der Waals surface area (Å²) >= 11 is 7.26. The van der Waals surface area contributed by atoms with Gasteiger partial charge in [0.25, 0.3) is 0 Å². The van der Waals surface area contributed by atoms with Crippen molar-refractivity contribution in [2.24, 2.45) is 7.05 Å². The van der Waals surface area contributed by atoms with Gasteiger partial charge in [0.1, 0.15) is 10.6 Å². The summed E-state index contributed by atoms with van der Waals surface area (Å²) in [4.78, 5) is 16.5. The van der Waals surface area contributed by atoms with E-state index in [4.69, 9.17) is 11.6 Å². The lowest BCUT2D eigenvalue weighted by Crippen LogP contribution is -2.20. The van der Waals surface area contributed by atoms with Gasteiger partial charge in [0, 0.05) is 18.0 Å². The molecule has 2 aromatic heterocycles. The highest BCUT2D eigenvalue weighted by Crippen LogP contribution is 2.34. The zero-order valence-corrected chi connectivity index (χ0v) is 11.4. The van der Waals surface area contributed by atoms with E-state index in [9.17, 15) is 9.18 Å². The van der Waals surface area contributed by atoms with Gasteiger partial charge < -0.3 is 0 Å². The molecule has 0 atom stereocenters. The minimum atomic E-state index is -0.427. The maximum absolute atomic E-state index is 13.9. The van der Waals surface area contributed by atoms with Crippen LogP contribution in [0.4, 0.5) is 4.39 Å². The second-order valence-electron chi connectivity index (χ2n) is 4.05. The number of hydrogen-bond donors (Lipinski definition) is 0. The van der Waals surface area contributed by atoms with E-state index < -0.39 is 11.5 Å². The van der Waals surface area contributed by atoms with Crippen molar-refractivity contribution in [3.8, 4) is 11.3 Å². The Balaban J connectivity index is 2.45. The summed E-state index contributed by atoms with van der Waals surface area (Å²) in [7, 11) is 1.62. The molecule has 19 heavy (non-hydrogen) atoms. The molecule has 3 rings (SSSR count). The molecule has 6 heteroatoms. The lowest BCUT2D eigenvalue weighted by Gasteiger charge is -2.06. The summed E-state index contributed by atoms with van der Waals surface area (Å²) in [6.07, 6.45) is 0. The third kappa shape index (κ3) is 1.95. The van der Waals surface area contributed by atoms with E-state index >= 15 is 0 Å². The highest BCUT2D eigenvalue weighted by Gasteiger charge is 2.15. The molecule has 0 aliphatic heterocycles. The summed E-state index contributed by atoms with van der Waals surface area (Å²) in [5.74, 6) is -0.410. The van der Waals surface area contributed by atoms with Gasteiger partial charge in [-0.3, -0.25) is 4.57 Å². The van der Waals surface area contributed by atoms with Crippen LogP contribution in [0.25, 0.3) is 21.5 Å². The molecular formula is C13H8ClFN2OS. The first kappa shape index (κ1) is 12.3. The number of aryl methyl sites for hydroxylation is 1. The van der Waals surface area contributed by atoms with Gasteiger partial charge in [-0.25, -0.2) is 9.18 Å². The van der Waals surface area contributed by atoms with Gasteiger partial charge in [-0.15, -0.1) is 11.3 Å². The van der Waals surface area contributed by atoms with E-state index in [0.29, 0.717) is 25.8 Å². The fourth-order valence-electron chi connectivity index (χ4n) is 1.95. The molecule has 0 spiro atoms. The summed E-state index contributed by atoms with van der Waals surface area (Å²) in [6.45, 7) is 0. The Kier molecular flexibility index (Phi) is 2.88. The van der Waals surface area contributed by atoms with Crippen molar-refractivity contribution >= 4 is 33.2 Å². The quantitative estimate of drug-likeness (QED) is 0.689. The highest BCUT2D eigenvalue weighted by molar-refractivity contribution is 7.22. The van der Waals surface area contributed by atoms with Gasteiger partial charge in [-0.1, -0.05) is 23.7 Å². The third-order valence-electron chi connectivity index (χ3n) is 2.87. The van der Waals surface area contributed by atoms with Gasteiger partial charge >= 0.3 is 5.69 Å². The minimum Gasteiger partial charge on any atom is -0.286 e. The van der Waals surface area contributed by atoms with Crippen LogP contribution in [0.2, 0.25) is 4.34 Å².